The third-order valence-electron chi connectivity index (χ3n) is 5.07. The maximum Gasteiger partial charge on any atom is 0.230 e. The first-order valence-corrected chi connectivity index (χ1v) is 8.27. The number of fused-ring (bicyclic) bond motifs is 1. The number of piperidine rings is 1. The van der Waals surface area contributed by atoms with Crippen molar-refractivity contribution >= 4 is 10.9 Å². The predicted octanol–water partition coefficient (Wildman–Crippen LogP) is 0.484. The van der Waals surface area contributed by atoms with Crippen LogP contribution in [0.15, 0.2) is 28.8 Å². The Hall–Kier alpha value is -1.41. The summed E-state index contributed by atoms with van der Waals surface area (Å²) in [4.78, 5) is 8.13. The molecule has 5 nitrogen and oxygen atoms in total. The summed E-state index contributed by atoms with van der Waals surface area (Å²) in [5, 5.41) is 5.42. The van der Waals surface area contributed by atoms with Gasteiger partial charge in [-0.25, -0.2) is 0 Å². The number of aryl methyl sites for hydroxylation is 1. The van der Waals surface area contributed by atoms with E-state index in [2.05, 4.69) is 43.3 Å². The minimum absolute atomic E-state index is 0. The van der Waals surface area contributed by atoms with Gasteiger partial charge in [0.25, 0.3) is 0 Å². The van der Waals surface area contributed by atoms with Crippen molar-refractivity contribution in [3.05, 3.63) is 35.9 Å². The number of quaternary nitrogens is 1. The molecule has 4 rings (SSSR count). The van der Waals surface area contributed by atoms with Crippen LogP contribution in [0.3, 0.4) is 0 Å². The zero-order chi connectivity index (χ0) is 16.0. The van der Waals surface area contributed by atoms with Gasteiger partial charge >= 0.3 is 0 Å². The fraction of sp³-hybridized carbons (Fsp3) is 0.444. The van der Waals surface area contributed by atoms with Crippen LogP contribution in [-0.4, -0.2) is 46.8 Å². The highest BCUT2D eigenvalue weighted by Crippen LogP contribution is 2.33. The number of likely N-dealkylation sites (tertiary alicyclic amines) is 1. The van der Waals surface area contributed by atoms with Crippen molar-refractivity contribution in [2.75, 3.05) is 27.2 Å². The van der Waals surface area contributed by atoms with Crippen LogP contribution in [0.25, 0.3) is 22.3 Å². The SMILES string of the molecule is Cc1[nH]c2ccccc2c1-c1noc(C2CC[N+](C)(C)CC2)n1.[I-]. The summed E-state index contributed by atoms with van der Waals surface area (Å²) < 4.78 is 6.70. The lowest BCUT2D eigenvalue weighted by Crippen LogP contribution is -3.00. The number of nitrogens with zero attached hydrogens (tertiary/aromatic N) is 3. The van der Waals surface area contributed by atoms with Crippen LogP contribution in [0.2, 0.25) is 0 Å². The quantitative estimate of drug-likeness (QED) is 0.468. The maximum atomic E-state index is 5.62. The number of H-pyrrole nitrogens is 1. The topological polar surface area (TPSA) is 54.7 Å². The first-order valence-electron chi connectivity index (χ1n) is 8.27. The average Bonchev–Trinajstić information content (AvgIpc) is 3.10. The molecule has 0 aliphatic carbocycles. The summed E-state index contributed by atoms with van der Waals surface area (Å²) >= 11 is 0. The molecule has 0 bridgehead atoms. The van der Waals surface area contributed by atoms with Gasteiger partial charge in [0.2, 0.25) is 11.7 Å². The van der Waals surface area contributed by atoms with Crippen molar-refractivity contribution < 1.29 is 33.0 Å². The zero-order valence-corrected chi connectivity index (χ0v) is 16.5. The van der Waals surface area contributed by atoms with E-state index in [-0.39, 0.29) is 24.0 Å². The molecule has 0 radical (unpaired) electrons. The molecular weight excluding hydrogens is 415 g/mol. The highest BCUT2D eigenvalue weighted by molar-refractivity contribution is 5.95. The van der Waals surface area contributed by atoms with Crippen molar-refractivity contribution in [3.63, 3.8) is 0 Å². The van der Waals surface area contributed by atoms with E-state index in [0.29, 0.717) is 11.7 Å². The largest absolute Gasteiger partial charge is 1.00 e. The van der Waals surface area contributed by atoms with Crippen LogP contribution >= 0.6 is 0 Å². The third kappa shape index (κ3) is 3.09. The van der Waals surface area contributed by atoms with Crippen LogP contribution < -0.4 is 24.0 Å². The Balaban J connectivity index is 0.00000169. The summed E-state index contributed by atoms with van der Waals surface area (Å²) in [7, 11) is 4.57. The van der Waals surface area contributed by atoms with E-state index in [1.165, 1.54) is 0 Å². The van der Waals surface area contributed by atoms with Crippen LogP contribution in [0.4, 0.5) is 0 Å². The molecule has 2 aromatic heterocycles. The second kappa shape index (κ2) is 6.48. The minimum atomic E-state index is 0. The van der Waals surface area contributed by atoms with Crippen LogP contribution in [0, 0.1) is 6.92 Å². The molecule has 0 unspecified atom stereocenters. The van der Waals surface area contributed by atoms with Gasteiger partial charge in [-0.15, -0.1) is 0 Å². The number of hydrogen-bond acceptors (Lipinski definition) is 3. The third-order valence-corrected chi connectivity index (χ3v) is 5.07. The molecule has 0 atom stereocenters. The molecule has 1 aliphatic heterocycles. The van der Waals surface area contributed by atoms with Crippen molar-refractivity contribution in [2.45, 2.75) is 25.7 Å². The summed E-state index contributed by atoms with van der Waals surface area (Å²) in [5.74, 6) is 1.89. The summed E-state index contributed by atoms with van der Waals surface area (Å²) in [5.41, 5.74) is 3.26. The number of rotatable bonds is 2. The molecule has 128 valence electrons. The Morgan fingerprint density at radius 2 is 1.88 bits per heavy atom. The van der Waals surface area contributed by atoms with E-state index in [1.54, 1.807) is 0 Å². The molecule has 3 heterocycles. The zero-order valence-electron chi connectivity index (χ0n) is 14.3. The van der Waals surface area contributed by atoms with Gasteiger partial charge in [-0.3, -0.25) is 0 Å². The van der Waals surface area contributed by atoms with Gasteiger partial charge in [-0.05, 0) is 13.0 Å². The molecule has 1 fully saturated rings. The van der Waals surface area contributed by atoms with Crippen LogP contribution in [-0.2, 0) is 0 Å². The van der Waals surface area contributed by atoms with E-state index in [1.807, 2.05) is 12.1 Å². The first-order chi connectivity index (χ1) is 11.0. The second-order valence-corrected chi connectivity index (χ2v) is 7.28. The van der Waals surface area contributed by atoms with Gasteiger partial charge in [0, 0.05) is 35.4 Å². The molecule has 24 heavy (non-hydrogen) atoms. The fourth-order valence-electron chi connectivity index (χ4n) is 3.58. The molecule has 0 amide bonds. The summed E-state index contributed by atoms with van der Waals surface area (Å²) in [6, 6.07) is 8.26. The summed E-state index contributed by atoms with van der Waals surface area (Å²) in [6.07, 6.45) is 2.23. The molecule has 0 spiro atoms. The maximum absolute atomic E-state index is 5.62. The average molecular weight is 438 g/mol. The first kappa shape index (κ1) is 17.4. The normalized spacial score (nSPS) is 17.8. The van der Waals surface area contributed by atoms with Gasteiger partial charge in [-0.1, -0.05) is 23.4 Å². The second-order valence-electron chi connectivity index (χ2n) is 7.28. The highest BCUT2D eigenvalue weighted by atomic mass is 127. The molecular formula is C18H23IN4O. The van der Waals surface area contributed by atoms with Crippen LogP contribution in [0.1, 0.15) is 30.3 Å². The lowest BCUT2D eigenvalue weighted by Gasteiger charge is -2.35. The van der Waals surface area contributed by atoms with Gasteiger partial charge in [0.1, 0.15) is 0 Å². The van der Waals surface area contributed by atoms with Gasteiger partial charge in [0.15, 0.2) is 0 Å². The van der Waals surface area contributed by atoms with Crippen molar-refractivity contribution in [1.82, 2.24) is 15.1 Å². The number of aromatic amines is 1. The Kier molecular flexibility index (Phi) is 4.70. The molecule has 6 heteroatoms. The Morgan fingerprint density at radius 3 is 2.62 bits per heavy atom. The molecule has 1 aromatic carbocycles. The number of nitrogens with one attached hydrogen (secondary N) is 1. The van der Waals surface area contributed by atoms with E-state index >= 15 is 0 Å². The van der Waals surface area contributed by atoms with Crippen LogP contribution in [0.5, 0.6) is 0 Å². The monoisotopic (exact) mass is 438 g/mol. The fourth-order valence-corrected chi connectivity index (χ4v) is 3.58. The van der Waals surface area contributed by atoms with Gasteiger partial charge in [-0.2, -0.15) is 4.98 Å². The molecule has 1 saturated heterocycles. The minimum Gasteiger partial charge on any atom is -1.00 e. The van der Waals surface area contributed by atoms with Crippen molar-refractivity contribution in [2.24, 2.45) is 0 Å². The standard InChI is InChI=1S/C18H23N4O.HI/c1-12-16(14-6-4-5-7-15(14)19-12)17-20-18(23-21-17)13-8-10-22(2,3)11-9-13;/h4-7,13,19H,8-11H2,1-3H3;1H/q+1;/p-1. The van der Waals surface area contributed by atoms with Crippen molar-refractivity contribution in [3.8, 4) is 11.4 Å². The highest BCUT2D eigenvalue weighted by Gasteiger charge is 2.31. The predicted molar refractivity (Wildman–Crippen MR) is 90.1 cm³/mol. The Morgan fingerprint density at radius 1 is 1.17 bits per heavy atom. The number of hydrogen-bond donors (Lipinski definition) is 1. The summed E-state index contributed by atoms with van der Waals surface area (Å²) in [6.45, 7) is 4.38. The lowest BCUT2D eigenvalue weighted by atomic mass is 9.96. The molecule has 1 aliphatic rings. The lowest BCUT2D eigenvalue weighted by molar-refractivity contribution is -0.895. The number of aromatic nitrogens is 3. The van der Waals surface area contributed by atoms with Gasteiger partial charge < -0.3 is 38.0 Å². The van der Waals surface area contributed by atoms with Crippen molar-refractivity contribution in [1.29, 1.82) is 0 Å². The Bertz CT molecular complexity index is 842. The molecule has 1 N–H and O–H groups in total. The molecule has 0 saturated carbocycles. The van der Waals surface area contributed by atoms with E-state index < -0.39 is 0 Å². The Labute approximate surface area is 159 Å². The van der Waals surface area contributed by atoms with E-state index in [0.717, 1.165) is 58.5 Å². The van der Waals surface area contributed by atoms with E-state index in [9.17, 15) is 0 Å². The smallest absolute Gasteiger partial charge is 0.230 e. The number of halogens is 1. The number of para-hydroxylation sites is 1. The molecule has 3 aromatic rings. The van der Waals surface area contributed by atoms with Gasteiger partial charge in [0.05, 0.1) is 32.7 Å². The number of benzene rings is 1. The van der Waals surface area contributed by atoms with E-state index in [4.69, 9.17) is 9.51 Å².